The fraction of sp³-hybridized carbons (Fsp3) is 0.611. The minimum absolute atomic E-state index is 0.0420. The molecule has 2 aliphatic heterocycles. The van der Waals surface area contributed by atoms with E-state index in [1.54, 1.807) is 36.1 Å². The lowest BCUT2D eigenvalue weighted by Gasteiger charge is -2.50. The first-order chi connectivity index (χ1) is 11.9. The van der Waals surface area contributed by atoms with Crippen LogP contribution in [-0.2, 0) is 11.3 Å². The number of carbonyl (C=O) groups excluding carboxylic acids is 1. The molecule has 3 rings (SSSR count). The molecule has 2 heterocycles. The maximum atomic E-state index is 12.2. The van der Waals surface area contributed by atoms with E-state index >= 15 is 0 Å². The molecule has 0 saturated carbocycles. The number of rotatable bonds is 4. The Morgan fingerprint density at radius 1 is 1.28 bits per heavy atom. The predicted molar refractivity (Wildman–Crippen MR) is 88.3 cm³/mol. The van der Waals surface area contributed by atoms with Gasteiger partial charge in [-0.15, -0.1) is 0 Å². The maximum Gasteiger partial charge on any atom is 0.387 e. The van der Waals surface area contributed by atoms with E-state index in [4.69, 9.17) is 0 Å². The Labute approximate surface area is 146 Å². The Bertz CT molecular complexity index is 611. The highest BCUT2D eigenvalue weighted by Gasteiger charge is 2.45. The summed E-state index contributed by atoms with van der Waals surface area (Å²) >= 11 is 0. The minimum Gasteiger partial charge on any atom is -0.435 e. The molecule has 0 aliphatic carbocycles. The SMILES string of the molecule is CC(=O)N1CC[C@]2(O)CCN(Cc3ccc(OC(F)F)cc3)C[C@@H]2C1. The fourth-order valence-electron chi connectivity index (χ4n) is 3.84. The number of aliphatic hydroxyl groups is 1. The van der Waals surface area contributed by atoms with Gasteiger partial charge in [0.05, 0.1) is 5.60 Å². The molecule has 2 fully saturated rings. The molecule has 7 heteroatoms. The third-order valence-electron chi connectivity index (χ3n) is 5.35. The number of benzene rings is 1. The number of likely N-dealkylation sites (tertiary alicyclic amines) is 2. The van der Waals surface area contributed by atoms with Crippen LogP contribution >= 0.6 is 0 Å². The van der Waals surface area contributed by atoms with E-state index in [9.17, 15) is 18.7 Å². The van der Waals surface area contributed by atoms with Crippen LogP contribution in [0.5, 0.6) is 5.75 Å². The number of halogens is 2. The molecule has 2 atom stereocenters. The van der Waals surface area contributed by atoms with Crippen LogP contribution in [0.1, 0.15) is 25.3 Å². The molecule has 2 saturated heterocycles. The monoisotopic (exact) mass is 354 g/mol. The summed E-state index contributed by atoms with van der Waals surface area (Å²) in [5, 5.41) is 10.8. The van der Waals surface area contributed by atoms with Crippen LogP contribution in [0, 0.1) is 5.92 Å². The van der Waals surface area contributed by atoms with E-state index in [2.05, 4.69) is 9.64 Å². The van der Waals surface area contributed by atoms with E-state index in [0.29, 0.717) is 32.5 Å². The standard InChI is InChI=1S/C18H24F2N2O3/c1-13(23)22-9-7-18(24)6-8-21(11-15(18)12-22)10-14-2-4-16(5-3-14)25-17(19)20/h2-5,15,17,24H,6-12H2,1H3/t15-,18-/m1/s1. The van der Waals surface area contributed by atoms with Crippen LogP contribution in [-0.4, -0.2) is 59.2 Å². The van der Waals surface area contributed by atoms with Gasteiger partial charge in [0.1, 0.15) is 5.75 Å². The largest absolute Gasteiger partial charge is 0.435 e. The molecule has 25 heavy (non-hydrogen) atoms. The quantitative estimate of drug-likeness (QED) is 0.900. The fourth-order valence-corrected chi connectivity index (χ4v) is 3.84. The second-order valence-corrected chi connectivity index (χ2v) is 7.02. The predicted octanol–water partition coefficient (Wildman–Crippen LogP) is 2.09. The molecule has 0 unspecified atom stereocenters. The number of nitrogens with zero attached hydrogens (tertiary/aromatic N) is 2. The van der Waals surface area contributed by atoms with Gasteiger partial charge in [0.15, 0.2) is 0 Å². The van der Waals surface area contributed by atoms with Crippen molar-refractivity contribution < 1.29 is 23.4 Å². The summed E-state index contributed by atoms with van der Waals surface area (Å²) in [6.07, 6.45) is 1.32. The van der Waals surface area contributed by atoms with Gasteiger partial charge < -0.3 is 14.7 Å². The van der Waals surface area contributed by atoms with E-state index in [0.717, 1.165) is 18.7 Å². The average molecular weight is 354 g/mol. The van der Waals surface area contributed by atoms with E-state index in [1.807, 2.05) is 0 Å². The van der Waals surface area contributed by atoms with Crippen LogP contribution in [0.4, 0.5) is 8.78 Å². The Balaban J connectivity index is 1.60. The zero-order valence-corrected chi connectivity index (χ0v) is 14.3. The van der Waals surface area contributed by atoms with Crippen molar-refractivity contribution in [1.29, 1.82) is 0 Å². The number of hydrogen-bond donors (Lipinski definition) is 1. The molecule has 1 N–H and O–H groups in total. The van der Waals surface area contributed by atoms with Crippen LogP contribution < -0.4 is 4.74 Å². The Hall–Kier alpha value is -1.73. The summed E-state index contributed by atoms with van der Waals surface area (Å²) in [4.78, 5) is 15.7. The van der Waals surface area contributed by atoms with E-state index in [1.165, 1.54) is 0 Å². The normalized spacial score (nSPS) is 27.2. The highest BCUT2D eigenvalue weighted by Crippen LogP contribution is 2.36. The molecule has 0 spiro atoms. The molecule has 1 aromatic rings. The van der Waals surface area contributed by atoms with Gasteiger partial charge in [-0.25, -0.2) is 0 Å². The molecule has 1 aromatic carbocycles. The number of fused-ring (bicyclic) bond motifs is 1. The van der Waals surface area contributed by atoms with Gasteiger partial charge in [0.25, 0.3) is 0 Å². The molecular weight excluding hydrogens is 330 g/mol. The topological polar surface area (TPSA) is 53.0 Å². The first kappa shape index (κ1) is 18.1. The second-order valence-electron chi connectivity index (χ2n) is 7.02. The van der Waals surface area contributed by atoms with Crippen molar-refractivity contribution in [2.75, 3.05) is 26.2 Å². The molecule has 0 radical (unpaired) electrons. The lowest BCUT2D eigenvalue weighted by atomic mass is 9.75. The highest BCUT2D eigenvalue weighted by atomic mass is 19.3. The molecular formula is C18H24F2N2O3. The zero-order chi connectivity index (χ0) is 18.0. The molecule has 1 amide bonds. The van der Waals surface area contributed by atoms with Crippen molar-refractivity contribution in [3.63, 3.8) is 0 Å². The minimum atomic E-state index is -2.82. The smallest absolute Gasteiger partial charge is 0.387 e. The number of ether oxygens (including phenoxy) is 1. The Kier molecular flexibility index (Phi) is 5.24. The van der Waals surface area contributed by atoms with Crippen molar-refractivity contribution in [3.05, 3.63) is 29.8 Å². The Morgan fingerprint density at radius 3 is 2.60 bits per heavy atom. The first-order valence-corrected chi connectivity index (χ1v) is 8.60. The van der Waals surface area contributed by atoms with Crippen molar-refractivity contribution in [2.45, 2.75) is 38.5 Å². The van der Waals surface area contributed by atoms with Gasteiger partial charge in [-0.05, 0) is 30.5 Å². The molecule has 0 bridgehead atoms. The molecule has 5 nitrogen and oxygen atoms in total. The van der Waals surface area contributed by atoms with Crippen LogP contribution in [0.2, 0.25) is 0 Å². The number of hydrogen-bond acceptors (Lipinski definition) is 4. The van der Waals surface area contributed by atoms with Gasteiger partial charge in [-0.2, -0.15) is 8.78 Å². The Morgan fingerprint density at radius 2 is 1.96 bits per heavy atom. The summed E-state index contributed by atoms with van der Waals surface area (Å²) in [6.45, 7) is 2.13. The van der Waals surface area contributed by atoms with Crippen molar-refractivity contribution in [1.82, 2.24) is 9.80 Å². The van der Waals surface area contributed by atoms with Gasteiger partial charge in [-0.3, -0.25) is 9.69 Å². The van der Waals surface area contributed by atoms with Crippen molar-refractivity contribution in [2.24, 2.45) is 5.92 Å². The van der Waals surface area contributed by atoms with Gasteiger partial charge in [0.2, 0.25) is 5.91 Å². The summed E-state index contributed by atoms with van der Waals surface area (Å²) in [5.41, 5.74) is 0.323. The van der Waals surface area contributed by atoms with Crippen LogP contribution in [0.15, 0.2) is 24.3 Å². The zero-order valence-electron chi connectivity index (χ0n) is 14.3. The van der Waals surface area contributed by atoms with Crippen LogP contribution in [0.3, 0.4) is 0 Å². The lowest BCUT2D eigenvalue weighted by Crippen LogP contribution is -2.60. The molecule has 138 valence electrons. The lowest BCUT2D eigenvalue weighted by molar-refractivity contribution is -0.145. The molecule has 0 aromatic heterocycles. The van der Waals surface area contributed by atoms with Gasteiger partial charge >= 0.3 is 6.61 Å². The maximum absolute atomic E-state index is 12.2. The number of piperidine rings is 2. The summed E-state index contributed by atoms with van der Waals surface area (Å²) in [5.74, 6) is 0.241. The average Bonchev–Trinajstić information content (AvgIpc) is 2.56. The number of carbonyl (C=O) groups is 1. The summed E-state index contributed by atoms with van der Waals surface area (Å²) < 4.78 is 28.7. The third-order valence-corrected chi connectivity index (χ3v) is 5.35. The highest BCUT2D eigenvalue weighted by molar-refractivity contribution is 5.73. The van der Waals surface area contributed by atoms with Crippen molar-refractivity contribution >= 4 is 5.91 Å². The number of alkyl halides is 2. The van der Waals surface area contributed by atoms with Gasteiger partial charge in [-0.1, -0.05) is 12.1 Å². The van der Waals surface area contributed by atoms with E-state index < -0.39 is 12.2 Å². The number of amides is 1. The van der Waals surface area contributed by atoms with Gasteiger partial charge in [0, 0.05) is 45.6 Å². The van der Waals surface area contributed by atoms with Crippen LogP contribution in [0.25, 0.3) is 0 Å². The molecule has 2 aliphatic rings. The summed E-state index contributed by atoms with van der Waals surface area (Å²) in [7, 11) is 0. The van der Waals surface area contributed by atoms with Crippen molar-refractivity contribution in [3.8, 4) is 5.75 Å². The first-order valence-electron chi connectivity index (χ1n) is 8.60. The second kappa shape index (κ2) is 7.25. The summed E-state index contributed by atoms with van der Waals surface area (Å²) in [6, 6.07) is 6.64. The third kappa shape index (κ3) is 4.27. The van der Waals surface area contributed by atoms with E-state index in [-0.39, 0.29) is 17.6 Å².